The maximum absolute atomic E-state index is 13.3. The molecule has 2 aliphatic rings. The van der Waals surface area contributed by atoms with Crippen LogP contribution in [0.1, 0.15) is 60.1 Å². The molecule has 0 radical (unpaired) electrons. The number of nitrogens with zero attached hydrogens (tertiary/aromatic N) is 1. The summed E-state index contributed by atoms with van der Waals surface area (Å²) in [4.78, 5) is 33.7. The molecule has 1 amide bonds. The van der Waals surface area contributed by atoms with Crippen molar-refractivity contribution in [1.82, 2.24) is 15.5 Å². The second kappa shape index (κ2) is 17.3. The number of piperidine rings is 1. The van der Waals surface area contributed by atoms with Gasteiger partial charge < -0.3 is 31.1 Å². The van der Waals surface area contributed by atoms with Gasteiger partial charge in [-0.2, -0.15) is 26.3 Å². The Balaban J connectivity index is 0.000000392. The van der Waals surface area contributed by atoms with Crippen LogP contribution in [0.2, 0.25) is 0 Å². The summed E-state index contributed by atoms with van der Waals surface area (Å²) in [6.07, 6.45) is -5.27. The molecule has 15 heteroatoms. The molecule has 9 nitrogen and oxygen atoms in total. The van der Waals surface area contributed by atoms with Crippen molar-refractivity contribution in [2.75, 3.05) is 31.5 Å². The smallest absolute Gasteiger partial charge is 0.475 e. The summed E-state index contributed by atoms with van der Waals surface area (Å²) in [6.45, 7) is 8.70. The lowest BCUT2D eigenvalue weighted by molar-refractivity contribution is -0.193. The lowest BCUT2D eigenvalue weighted by Crippen LogP contribution is -2.44. The van der Waals surface area contributed by atoms with Crippen LogP contribution in [0, 0.1) is 6.92 Å². The molecule has 2 fully saturated rings. The van der Waals surface area contributed by atoms with Gasteiger partial charge in [0.1, 0.15) is 0 Å². The predicted octanol–water partition coefficient (Wildman–Crippen LogP) is 6.53. The number of aryl methyl sites for hydroxylation is 1. The second-order valence-electron chi connectivity index (χ2n) is 11.9. The van der Waals surface area contributed by atoms with Gasteiger partial charge in [0.2, 0.25) is 0 Å². The number of alkyl halides is 6. The monoisotopic (exact) mass is 698 g/mol. The normalized spacial score (nSPS) is 17.6. The van der Waals surface area contributed by atoms with Crippen LogP contribution in [0.25, 0.3) is 10.8 Å². The molecule has 0 saturated carbocycles. The van der Waals surface area contributed by atoms with Gasteiger partial charge in [0.05, 0.1) is 6.04 Å². The van der Waals surface area contributed by atoms with Crippen molar-refractivity contribution in [2.45, 2.75) is 70.0 Å². The number of hydrogen-bond donors (Lipinski definition) is 5. The Morgan fingerprint density at radius 2 is 1.49 bits per heavy atom. The van der Waals surface area contributed by atoms with E-state index < -0.39 is 24.3 Å². The highest BCUT2D eigenvalue weighted by Crippen LogP contribution is 2.26. The van der Waals surface area contributed by atoms with Crippen LogP contribution in [0.5, 0.6) is 0 Å². The van der Waals surface area contributed by atoms with Crippen molar-refractivity contribution in [2.24, 2.45) is 0 Å². The zero-order valence-corrected chi connectivity index (χ0v) is 27.0. The number of carbonyl (C=O) groups is 3. The number of rotatable bonds is 7. The summed E-state index contributed by atoms with van der Waals surface area (Å²) < 4.78 is 63.5. The summed E-state index contributed by atoms with van der Waals surface area (Å²) in [5, 5.41) is 27.2. The van der Waals surface area contributed by atoms with Gasteiger partial charge in [-0.15, -0.1) is 0 Å². The van der Waals surface area contributed by atoms with Crippen molar-refractivity contribution in [3.63, 3.8) is 0 Å². The average molecular weight is 699 g/mol. The van der Waals surface area contributed by atoms with Gasteiger partial charge >= 0.3 is 24.3 Å². The number of benzene rings is 3. The van der Waals surface area contributed by atoms with E-state index in [0.29, 0.717) is 12.1 Å². The predicted molar refractivity (Wildman–Crippen MR) is 172 cm³/mol. The minimum atomic E-state index is -5.08. The van der Waals surface area contributed by atoms with E-state index in [2.05, 4.69) is 76.3 Å². The van der Waals surface area contributed by atoms with E-state index in [-0.39, 0.29) is 11.9 Å². The Labute approximate surface area is 279 Å². The largest absolute Gasteiger partial charge is 0.490 e. The molecule has 5 N–H and O–H groups in total. The van der Waals surface area contributed by atoms with Crippen LogP contribution in [0.15, 0.2) is 60.7 Å². The molecule has 0 unspecified atom stereocenters. The summed E-state index contributed by atoms with van der Waals surface area (Å²) >= 11 is 0. The fourth-order valence-electron chi connectivity index (χ4n) is 5.66. The van der Waals surface area contributed by atoms with Crippen LogP contribution in [-0.4, -0.2) is 83.6 Å². The fraction of sp³-hybridized carbons (Fsp3) is 0.441. The summed E-state index contributed by atoms with van der Waals surface area (Å²) in [7, 11) is 0. The highest BCUT2D eigenvalue weighted by atomic mass is 19.4. The minimum Gasteiger partial charge on any atom is -0.475 e. The standard InChI is InChI=1S/C30H38N4O.2C2HF3O2/c1-21-12-13-25(33-24-14-17-34(18-15-24)20-26-9-6-16-31-26)19-29(21)30(35)32-22(2)27-11-5-8-23-7-3-4-10-28(23)27;2*3-2(4,5)1(6)7/h3-5,7-8,10-13,19,22,24,26,31,33H,6,9,14-18,20H2,1-2H3,(H,32,35);2*(H,6,7)/t22-,26-;;/m1../s1. The van der Waals surface area contributed by atoms with Crippen molar-refractivity contribution < 1.29 is 50.9 Å². The van der Waals surface area contributed by atoms with Gasteiger partial charge in [0, 0.05) is 43.0 Å². The van der Waals surface area contributed by atoms with E-state index in [0.717, 1.165) is 48.3 Å². The van der Waals surface area contributed by atoms with Crippen LogP contribution in [0.3, 0.4) is 0 Å². The zero-order valence-electron chi connectivity index (χ0n) is 27.0. The van der Waals surface area contributed by atoms with Gasteiger partial charge in [-0.1, -0.05) is 48.5 Å². The molecule has 2 atom stereocenters. The third kappa shape index (κ3) is 12.2. The molecular formula is C34H40F6N4O5. The molecule has 49 heavy (non-hydrogen) atoms. The van der Waals surface area contributed by atoms with Crippen molar-refractivity contribution in [1.29, 1.82) is 0 Å². The molecule has 0 bridgehead atoms. The Bertz CT molecular complexity index is 1540. The van der Waals surface area contributed by atoms with E-state index in [9.17, 15) is 31.1 Å². The molecule has 5 rings (SSSR count). The number of likely N-dealkylation sites (tertiary alicyclic amines) is 1. The third-order valence-electron chi connectivity index (χ3n) is 8.20. The highest BCUT2D eigenvalue weighted by molar-refractivity contribution is 5.97. The maximum Gasteiger partial charge on any atom is 0.490 e. The van der Waals surface area contributed by atoms with Crippen molar-refractivity contribution in [3.05, 3.63) is 77.4 Å². The fourth-order valence-corrected chi connectivity index (χ4v) is 5.66. The number of halogens is 6. The molecule has 268 valence electrons. The highest BCUT2D eigenvalue weighted by Gasteiger charge is 2.39. The summed E-state index contributed by atoms with van der Waals surface area (Å²) in [6, 6.07) is 21.9. The summed E-state index contributed by atoms with van der Waals surface area (Å²) in [5.74, 6) is -5.54. The van der Waals surface area contributed by atoms with Gasteiger partial charge in [0.15, 0.2) is 0 Å². The first-order valence-electron chi connectivity index (χ1n) is 15.7. The first-order valence-corrected chi connectivity index (χ1v) is 15.7. The Hall–Kier alpha value is -4.37. The number of carboxylic acids is 2. The number of aliphatic carboxylic acids is 2. The minimum absolute atomic E-state index is 0.0227. The van der Waals surface area contributed by atoms with Crippen molar-refractivity contribution >= 4 is 34.3 Å². The van der Waals surface area contributed by atoms with Crippen LogP contribution in [0.4, 0.5) is 32.0 Å². The molecule has 2 heterocycles. The Morgan fingerprint density at radius 1 is 0.898 bits per heavy atom. The molecule has 2 aliphatic heterocycles. The average Bonchev–Trinajstić information content (AvgIpc) is 3.55. The zero-order chi connectivity index (χ0) is 36.4. The topological polar surface area (TPSA) is 131 Å². The second-order valence-corrected chi connectivity index (χ2v) is 11.9. The molecule has 0 aromatic heterocycles. The third-order valence-corrected chi connectivity index (χ3v) is 8.20. The van der Waals surface area contributed by atoms with Crippen LogP contribution >= 0.6 is 0 Å². The molecule has 2 saturated heterocycles. The van der Waals surface area contributed by atoms with E-state index >= 15 is 0 Å². The van der Waals surface area contributed by atoms with Gasteiger partial charge in [-0.05, 0) is 80.1 Å². The number of amides is 1. The SMILES string of the molecule is Cc1ccc(NC2CCN(C[C@H]3CCCN3)CC2)cc1C(=O)N[C@H](C)c1cccc2ccccc12.O=C(O)C(F)(F)F.O=C(O)C(F)(F)F. The van der Waals surface area contributed by atoms with E-state index in [4.69, 9.17) is 19.8 Å². The number of anilines is 1. The van der Waals surface area contributed by atoms with Crippen LogP contribution < -0.4 is 16.0 Å². The number of carbonyl (C=O) groups excluding carboxylic acids is 1. The van der Waals surface area contributed by atoms with Gasteiger partial charge in [-0.25, -0.2) is 9.59 Å². The number of hydrogen-bond acceptors (Lipinski definition) is 6. The summed E-state index contributed by atoms with van der Waals surface area (Å²) in [5.41, 5.74) is 3.92. The van der Waals surface area contributed by atoms with Gasteiger partial charge in [-0.3, -0.25) is 4.79 Å². The number of fused-ring (bicyclic) bond motifs is 1. The number of carboxylic acid groups (broad SMARTS) is 2. The van der Waals surface area contributed by atoms with E-state index in [1.165, 1.54) is 36.7 Å². The quantitative estimate of drug-likeness (QED) is 0.176. The molecule has 3 aromatic carbocycles. The van der Waals surface area contributed by atoms with Gasteiger partial charge in [0.25, 0.3) is 5.91 Å². The molecule has 0 aliphatic carbocycles. The molecular weight excluding hydrogens is 658 g/mol. The first-order chi connectivity index (χ1) is 23.0. The lowest BCUT2D eigenvalue weighted by atomic mass is 9.99. The lowest BCUT2D eigenvalue weighted by Gasteiger charge is -2.34. The van der Waals surface area contributed by atoms with E-state index in [1.54, 1.807) is 0 Å². The van der Waals surface area contributed by atoms with Crippen molar-refractivity contribution in [3.8, 4) is 0 Å². The molecule has 3 aromatic rings. The van der Waals surface area contributed by atoms with Crippen LogP contribution in [-0.2, 0) is 9.59 Å². The maximum atomic E-state index is 13.3. The molecule has 0 spiro atoms. The Morgan fingerprint density at radius 3 is 2.06 bits per heavy atom. The first kappa shape index (κ1) is 39.1. The van der Waals surface area contributed by atoms with E-state index in [1.807, 2.05) is 19.1 Å². The Kier molecular flexibility index (Phi) is 13.8. The number of nitrogens with one attached hydrogen (secondary N) is 3.